The van der Waals surface area contributed by atoms with Gasteiger partial charge in [-0.25, -0.2) is 13.6 Å². The molecule has 0 aromatic heterocycles. The Hall–Kier alpha value is -1.34. The molecule has 118 valence electrons. The molecule has 0 spiro atoms. The second kappa shape index (κ2) is 9.57. The molecule has 7 heteroatoms. The Morgan fingerprint density at radius 3 is 2.81 bits per heavy atom. The van der Waals surface area contributed by atoms with Crippen molar-refractivity contribution in [3.63, 3.8) is 0 Å². The SMILES string of the molecule is CSCC(CCO)NC(=O)NCCc1ccc(F)cc1F. The van der Waals surface area contributed by atoms with Gasteiger partial charge in [-0.2, -0.15) is 11.8 Å². The smallest absolute Gasteiger partial charge is 0.315 e. The first kappa shape index (κ1) is 17.7. The van der Waals surface area contributed by atoms with Crippen LogP contribution in [0, 0.1) is 11.6 Å². The van der Waals surface area contributed by atoms with Gasteiger partial charge in [-0.1, -0.05) is 6.07 Å². The number of benzene rings is 1. The summed E-state index contributed by atoms with van der Waals surface area (Å²) in [6.07, 6.45) is 2.69. The summed E-state index contributed by atoms with van der Waals surface area (Å²) in [6, 6.07) is 2.92. The number of hydrogen-bond donors (Lipinski definition) is 3. The minimum absolute atomic E-state index is 0.00625. The number of carbonyl (C=O) groups excluding carboxylic acids is 1. The summed E-state index contributed by atoms with van der Waals surface area (Å²) in [5, 5.41) is 14.3. The average molecular weight is 318 g/mol. The minimum Gasteiger partial charge on any atom is -0.396 e. The third-order valence-corrected chi connectivity index (χ3v) is 3.61. The topological polar surface area (TPSA) is 61.4 Å². The van der Waals surface area contributed by atoms with E-state index < -0.39 is 11.6 Å². The van der Waals surface area contributed by atoms with Crippen LogP contribution in [-0.4, -0.2) is 42.3 Å². The highest BCUT2D eigenvalue weighted by Crippen LogP contribution is 2.09. The Balaban J connectivity index is 2.35. The fourth-order valence-electron chi connectivity index (χ4n) is 1.83. The summed E-state index contributed by atoms with van der Waals surface area (Å²) in [7, 11) is 0. The first-order valence-corrected chi connectivity index (χ1v) is 8.04. The third kappa shape index (κ3) is 6.77. The fraction of sp³-hybridized carbons (Fsp3) is 0.500. The number of halogens is 2. The Kier molecular flexibility index (Phi) is 8.07. The number of carbonyl (C=O) groups is 1. The molecule has 0 saturated carbocycles. The molecule has 1 aromatic rings. The van der Waals surface area contributed by atoms with Crippen LogP contribution in [0.3, 0.4) is 0 Å². The molecule has 1 aromatic carbocycles. The number of aliphatic hydroxyl groups is 1. The molecule has 3 N–H and O–H groups in total. The maximum absolute atomic E-state index is 13.4. The number of thioether (sulfide) groups is 1. The number of urea groups is 1. The van der Waals surface area contributed by atoms with E-state index in [0.29, 0.717) is 17.7 Å². The van der Waals surface area contributed by atoms with Gasteiger partial charge in [-0.3, -0.25) is 0 Å². The van der Waals surface area contributed by atoms with Crippen LogP contribution in [0.5, 0.6) is 0 Å². The average Bonchev–Trinajstić information content (AvgIpc) is 2.42. The van der Waals surface area contributed by atoms with Crippen LogP contribution in [0.1, 0.15) is 12.0 Å². The van der Waals surface area contributed by atoms with Gasteiger partial charge in [0, 0.05) is 31.0 Å². The molecule has 1 atom stereocenters. The largest absolute Gasteiger partial charge is 0.396 e. The normalized spacial score (nSPS) is 12.0. The highest BCUT2D eigenvalue weighted by molar-refractivity contribution is 7.98. The lowest BCUT2D eigenvalue weighted by atomic mass is 10.1. The summed E-state index contributed by atoms with van der Waals surface area (Å²) in [6.45, 7) is 0.256. The predicted molar refractivity (Wildman–Crippen MR) is 80.5 cm³/mol. The van der Waals surface area contributed by atoms with Crippen molar-refractivity contribution in [2.24, 2.45) is 0 Å². The van der Waals surface area contributed by atoms with Gasteiger partial charge < -0.3 is 15.7 Å². The molecule has 0 saturated heterocycles. The van der Waals surface area contributed by atoms with Crippen LogP contribution in [0.4, 0.5) is 13.6 Å². The van der Waals surface area contributed by atoms with Crippen molar-refractivity contribution in [2.75, 3.05) is 25.2 Å². The zero-order chi connectivity index (χ0) is 15.7. The Morgan fingerprint density at radius 1 is 1.43 bits per heavy atom. The van der Waals surface area contributed by atoms with Crippen molar-refractivity contribution < 1.29 is 18.7 Å². The van der Waals surface area contributed by atoms with Crippen molar-refractivity contribution in [1.29, 1.82) is 0 Å². The van der Waals surface area contributed by atoms with E-state index in [-0.39, 0.29) is 31.6 Å². The molecule has 4 nitrogen and oxygen atoms in total. The van der Waals surface area contributed by atoms with Gasteiger partial charge in [0.2, 0.25) is 0 Å². The summed E-state index contributed by atoms with van der Waals surface area (Å²) >= 11 is 1.58. The van der Waals surface area contributed by atoms with Crippen LogP contribution in [0.2, 0.25) is 0 Å². The molecule has 1 rings (SSSR count). The molecular formula is C14H20F2N2O2S. The lowest BCUT2D eigenvalue weighted by Gasteiger charge is -2.17. The maximum Gasteiger partial charge on any atom is 0.315 e. The lowest BCUT2D eigenvalue weighted by Crippen LogP contribution is -2.44. The quantitative estimate of drug-likeness (QED) is 0.686. The number of rotatable bonds is 8. The Labute approximate surface area is 127 Å². The zero-order valence-electron chi connectivity index (χ0n) is 11.9. The van der Waals surface area contributed by atoms with Crippen LogP contribution < -0.4 is 10.6 Å². The van der Waals surface area contributed by atoms with Crippen LogP contribution >= 0.6 is 11.8 Å². The van der Waals surface area contributed by atoms with E-state index in [1.54, 1.807) is 11.8 Å². The molecule has 21 heavy (non-hydrogen) atoms. The molecule has 0 heterocycles. The number of amides is 2. The summed E-state index contributed by atoms with van der Waals surface area (Å²) in [5.41, 5.74) is 0.354. The highest BCUT2D eigenvalue weighted by Gasteiger charge is 2.11. The molecule has 1 unspecified atom stereocenters. The maximum atomic E-state index is 13.4. The second-order valence-corrected chi connectivity index (χ2v) is 5.46. The molecule has 0 fully saturated rings. The van der Waals surface area contributed by atoms with E-state index in [9.17, 15) is 13.6 Å². The van der Waals surface area contributed by atoms with Crippen molar-refractivity contribution >= 4 is 17.8 Å². The number of nitrogens with one attached hydrogen (secondary N) is 2. The van der Waals surface area contributed by atoms with E-state index in [1.807, 2.05) is 6.26 Å². The zero-order valence-corrected chi connectivity index (χ0v) is 12.7. The fourth-order valence-corrected chi connectivity index (χ4v) is 2.48. The summed E-state index contributed by atoms with van der Waals surface area (Å²) in [5.74, 6) is -0.524. The lowest BCUT2D eigenvalue weighted by molar-refractivity contribution is 0.231. The van der Waals surface area contributed by atoms with E-state index in [1.165, 1.54) is 12.1 Å². The highest BCUT2D eigenvalue weighted by atomic mass is 32.2. The molecule has 0 aliphatic heterocycles. The van der Waals surface area contributed by atoms with E-state index in [2.05, 4.69) is 10.6 Å². The molecule has 2 amide bonds. The molecular weight excluding hydrogens is 298 g/mol. The van der Waals surface area contributed by atoms with Crippen LogP contribution in [-0.2, 0) is 6.42 Å². The van der Waals surface area contributed by atoms with Gasteiger partial charge in [0.05, 0.1) is 0 Å². The first-order valence-electron chi connectivity index (χ1n) is 6.65. The summed E-state index contributed by atoms with van der Waals surface area (Å²) < 4.78 is 26.1. The summed E-state index contributed by atoms with van der Waals surface area (Å²) in [4.78, 5) is 11.7. The molecule has 0 bridgehead atoms. The molecule has 0 aliphatic rings. The molecule has 0 radical (unpaired) electrons. The van der Waals surface area contributed by atoms with Gasteiger partial charge in [0.25, 0.3) is 0 Å². The number of aliphatic hydroxyl groups excluding tert-OH is 1. The molecule has 0 aliphatic carbocycles. The van der Waals surface area contributed by atoms with Crippen molar-refractivity contribution in [2.45, 2.75) is 18.9 Å². The van der Waals surface area contributed by atoms with Gasteiger partial charge in [0.1, 0.15) is 11.6 Å². The van der Waals surface area contributed by atoms with Gasteiger partial charge in [-0.05, 0) is 30.7 Å². The standard InChI is InChI=1S/C14H20F2N2O2S/c1-21-9-12(5-7-19)18-14(20)17-6-4-10-2-3-11(15)8-13(10)16/h2-3,8,12,19H,4-7,9H2,1H3,(H2,17,18,20). The second-order valence-electron chi connectivity index (χ2n) is 4.55. The monoisotopic (exact) mass is 318 g/mol. The van der Waals surface area contributed by atoms with Crippen LogP contribution in [0.25, 0.3) is 0 Å². The predicted octanol–water partition coefficient (Wildman–Crippen LogP) is 1.92. The van der Waals surface area contributed by atoms with Crippen molar-refractivity contribution in [1.82, 2.24) is 10.6 Å². The Morgan fingerprint density at radius 2 is 2.19 bits per heavy atom. The third-order valence-electron chi connectivity index (χ3n) is 2.88. The van der Waals surface area contributed by atoms with Gasteiger partial charge in [-0.15, -0.1) is 0 Å². The van der Waals surface area contributed by atoms with Gasteiger partial charge >= 0.3 is 6.03 Å². The van der Waals surface area contributed by atoms with E-state index >= 15 is 0 Å². The number of hydrogen-bond acceptors (Lipinski definition) is 3. The van der Waals surface area contributed by atoms with Crippen molar-refractivity contribution in [3.8, 4) is 0 Å². The first-order chi connectivity index (χ1) is 10.1. The Bertz CT molecular complexity index is 455. The van der Waals surface area contributed by atoms with E-state index in [0.717, 1.165) is 6.07 Å². The van der Waals surface area contributed by atoms with E-state index in [4.69, 9.17) is 5.11 Å². The van der Waals surface area contributed by atoms with Crippen LogP contribution in [0.15, 0.2) is 18.2 Å². The van der Waals surface area contributed by atoms with Gasteiger partial charge in [0.15, 0.2) is 0 Å². The van der Waals surface area contributed by atoms with Crippen molar-refractivity contribution in [3.05, 3.63) is 35.4 Å². The minimum atomic E-state index is -0.620.